The molecule has 1 fully saturated rings. The molecule has 0 aliphatic carbocycles. The summed E-state index contributed by atoms with van der Waals surface area (Å²) >= 11 is 0. The summed E-state index contributed by atoms with van der Waals surface area (Å²) in [5, 5.41) is 10.2. The van der Waals surface area contributed by atoms with Crippen LogP contribution in [0.4, 0.5) is 0 Å². The molecule has 2 aromatic rings. The van der Waals surface area contributed by atoms with Crippen LogP contribution in [0.3, 0.4) is 0 Å². The summed E-state index contributed by atoms with van der Waals surface area (Å²) in [6.07, 6.45) is 6.27. The Balaban J connectivity index is 1.43. The van der Waals surface area contributed by atoms with Gasteiger partial charge >= 0.3 is 0 Å². The molecule has 0 saturated carbocycles. The standard InChI is InChI=1S/C18H25N5O2/c19-18(24)17-16(20-22-21-17)14-6-8-15(9-7-14)25-13-5-4-12-23-10-2-1-3-11-23/h6-9H,1-5,10-13H2,(H2,19,24)(H,20,21,22). The molecule has 1 saturated heterocycles. The third-order valence-electron chi connectivity index (χ3n) is 4.50. The maximum atomic E-state index is 11.3. The van der Waals surface area contributed by atoms with E-state index in [-0.39, 0.29) is 5.69 Å². The molecule has 7 heteroatoms. The molecule has 25 heavy (non-hydrogen) atoms. The molecule has 1 aromatic heterocycles. The van der Waals surface area contributed by atoms with Crippen molar-refractivity contribution >= 4 is 5.91 Å². The van der Waals surface area contributed by atoms with Crippen LogP contribution in [0.2, 0.25) is 0 Å². The lowest BCUT2D eigenvalue weighted by Gasteiger charge is -2.26. The van der Waals surface area contributed by atoms with Crippen molar-refractivity contribution in [2.24, 2.45) is 5.73 Å². The van der Waals surface area contributed by atoms with Gasteiger partial charge in [-0.2, -0.15) is 15.4 Å². The Labute approximate surface area is 147 Å². The highest BCUT2D eigenvalue weighted by Crippen LogP contribution is 2.22. The Hall–Kier alpha value is -2.41. The van der Waals surface area contributed by atoms with E-state index < -0.39 is 5.91 Å². The van der Waals surface area contributed by atoms with Crippen LogP contribution in [-0.2, 0) is 0 Å². The van der Waals surface area contributed by atoms with Crippen molar-refractivity contribution in [2.45, 2.75) is 32.1 Å². The van der Waals surface area contributed by atoms with Crippen molar-refractivity contribution in [1.82, 2.24) is 20.3 Å². The molecule has 3 rings (SSSR count). The molecule has 0 unspecified atom stereocenters. The third kappa shape index (κ3) is 4.79. The van der Waals surface area contributed by atoms with E-state index in [1.165, 1.54) is 45.3 Å². The average Bonchev–Trinajstić information content (AvgIpc) is 3.13. The number of carbonyl (C=O) groups excluding carboxylic acids is 1. The van der Waals surface area contributed by atoms with Crippen LogP contribution in [0, 0.1) is 0 Å². The van der Waals surface area contributed by atoms with Crippen molar-refractivity contribution in [1.29, 1.82) is 0 Å². The Morgan fingerprint density at radius 3 is 2.60 bits per heavy atom. The lowest BCUT2D eigenvalue weighted by molar-refractivity contribution is 0.0996. The monoisotopic (exact) mass is 343 g/mol. The van der Waals surface area contributed by atoms with Crippen molar-refractivity contribution in [3.05, 3.63) is 30.0 Å². The van der Waals surface area contributed by atoms with Gasteiger partial charge in [-0.05, 0) is 69.6 Å². The van der Waals surface area contributed by atoms with Gasteiger partial charge in [0, 0.05) is 5.56 Å². The molecule has 2 heterocycles. The zero-order valence-electron chi connectivity index (χ0n) is 14.4. The van der Waals surface area contributed by atoms with E-state index in [2.05, 4.69) is 20.3 Å². The van der Waals surface area contributed by atoms with E-state index in [1.807, 2.05) is 24.3 Å². The largest absolute Gasteiger partial charge is 0.494 e. The zero-order chi connectivity index (χ0) is 17.5. The van der Waals surface area contributed by atoms with Gasteiger partial charge in [0.2, 0.25) is 0 Å². The number of nitrogens with zero attached hydrogens (tertiary/aromatic N) is 3. The highest BCUT2D eigenvalue weighted by Gasteiger charge is 2.15. The molecule has 1 amide bonds. The second-order valence-corrected chi connectivity index (χ2v) is 6.37. The van der Waals surface area contributed by atoms with E-state index >= 15 is 0 Å². The van der Waals surface area contributed by atoms with Gasteiger partial charge < -0.3 is 15.4 Å². The van der Waals surface area contributed by atoms with E-state index in [1.54, 1.807) is 0 Å². The number of likely N-dealkylation sites (tertiary alicyclic amines) is 1. The second-order valence-electron chi connectivity index (χ2n) is 6.37. The number of aromatic amines is 1. The fourth-order valence-electron chi connectivity index (χ4n) is 3.12. The van der Waals surface area contributed by atoms with Crippen molar-refractivity contribution in [2.75, 3.05) is 26.2 Å². The molecule has 1 aromatic carbocycles. The zero-order valence-corrected chi connectivity index (χ0v) is 14.4. The van der Waals surface area contributed by atoms with Crippen molar-refractivity contribution in [3.63, 3.8) is 0 Å². The van der Waals surface area contributed by atoms with E-state index in [0.717, 1.165) is 17.7 Å². The minimum absolute atomic E-state index is 0.145. The number of amides is 1. The number of H-pyrrole nitrogens is 1. The Kier molecular flexibility index (Phi) is 6.00. The number of hydrogen-bond donors (Lipinski definition) is 2. The number of carbonyl (C=O) groups is 1. The fourth-order valence-corrected chi connectivity index (χ4v) is 3.12. The molecule has 134 valence electrons. The fraction of sp³-hybridized carbons (Fsp3) is 0.500. The topological polar surface area (TPSA) is 97.1 Å². The Morgan fingerprint density at radius 2 is 1.88 bits per heavy atom. The van der Waals surface area contributed by atoms with Gasteiger partial charge in [-0.3, -0.25) is 4.79 Å². The smallest absolute Gasteiger partial charge is 0.271 e. The minimum atomic E-state index is -0.599. The second kappa shape index (κ2) is 8.62. The Morgan fingerprint density at radius 1 is 1.12 bits per heavy atom. The quantitative estimate of drug-likeness (QED) is 0.716. The highest BCUT2D eigenvalue weighted by molar-refractivity contribution is 5.96. The minimum Gasteiger partial charge on any atom is -0.494 e. The first-order chi connectivity index (χ1) is 12.2. The lowest BCUT2D eigenvalue weighted by atomic mass is 10.1. The van der Waals surface area contributed by atoms with Crippen LogP contribution in [0.15, 0.2) is 24.3 Å². The van der Waals surface area contributed by atoms with Crippen molar-refractivity contribution < 1.29 is 9.53 Å². The average molecular weight is 343 g/mol. The number of piperidine rings is 1. The van der Waals surface area contributed by atoms with Crippen LogP contribution >= 0.6 is 0 Å². The summed E-state index contributed by atoms with van der Waals surface area (Å²) in [6.45, 7) is 4.38. The normalized spacial score (nSPS) is 15.2. The van der Waals surface area contributed by atoms with E-state index in [0.29, 0.717) is 12.3 Å². The molecule has 1 aliphatic heterocycles. The molecule has 7 nitrogen and oxygen atoms in total. The first kappa shape index (κ1) is 17.4. The predicted molar refractivity (Wildman–Crippen MR) is 95.4 cm³/mol. The Bertz CT molecular complexity index is 677. The molecule has 0 bridgehead atoms. The van der Waals surface area contributed by atoms with Gasteiger partial charge in [0.1, 0.15) is 11.4 Å². The molecule has 0 spiro atoms. The summed E-state index contributed by atoms with van der Waals surface area (Å²) in [4.78, 5) is 13.9. The SMILES string of the molecule is NC(=O)c1n[nH]nc1-c1ccc(OCCCCN2CCCCC2)cc1. The number of aromatic nitrogens is 3. The van der Waals surface area contributed by atoms with Gasteiger partial charge in [-0.25, -0.2) is 0 Å². The number of nitrogens with two attached hydrogens (primary N) is 1. The van der Waals surface area contributed by atoms with Gasteiger partial charge in [-0.1, -0.05) is 6.42 Å². The van der Waals surface area contributed by atoms with Gasteiger partial charge in [0.05, 0.1) is 6.61 Å². The number of ether oxygens (including phenoxy) is 1. The van der Waals surface area contributed by atoms with Gasteiger partial charge in [-0.15, -0.1) is 0 Å². The highest BCUT2D eigenvalue weighted by atomic mass is 16.5. The molecule has 3 N–H and O–H groups in total. The number of primary amides is 1. The molecule has 0 radical (unpaired) electrons. The third-order valence-corrected chi connectivity index (χ3v) is 4.50. The number of nitrogens with one attached hydrogen (secondary N) is 1. The number of hydrogen-bond acceptors (Lipinski definition) is 5. The number of unbranched alkanes of at least 4 members (excludes halogenated alkanes) is 1. The lowest BCUT2D eigenvalue weighted by Crippen LogP contribution is -2.30. The maximum absolute atomic E-state index is 11.3. The summed E-state index contributed by atoms with van der Waals surface area (Å²) in [6, 6.07) is 7.46. The maximum Gasteiger partial charge on any atom is 0.271 e. The molecular weight excluding hydrogens is 318 g/mol. The van der Waals surface area contributed by atoms with Gasteiger partial charge in [0.25, 0.3) is 5.91 Å². The molecule has 0 atom stereocenters. The summed E-state index contributed by atoms with van der Waals surface area (Å²) in [7, 11) is 0. The van der Waals surface area contributed by atoms with Crippen LogP contribution in [0.25, 0.3) is 11.3 Å². The molecular formula is C18H25N5O2. The summed E-state index contributed by atoms with van der Waals surface area (Å²) in [5.41, 5.74) is 6.67. The molecule has 1 aliphatic rings. The predicted octanol–water partition coefficient (Wildman–Crippen LogP) is 2.22. The van der Waals surface area contributed by atoms with Crippen LogP contribution < -0.4 is 10.5 Å². The van der Waals surface area contributed by atoms with E-state index in [4.69, 9.17) is 10.5 Å². The first-order valence-electron chi connectivity index (χ1n) is 8.90. The summed E-state index contributed by atoms with van der Waals surface area (Å²) < 4.78 is 5.79. The van der Waals surface area contributed by atoms with Crippen LogP contribution in [0.1, 0.15) is 42.6 Å². The number of rotatable bonds is 8. The first-order valence-corrected chi connectivity index (χ1v) is 8.90. The van der Waals surface area contributed by atoms with Gasteiger partial charge in [0.15, 0.2) is 5.69 Å². The number of benzene rings is 1. The van der Waals surface area contributed by atoms with Crippen LogP contribution in [-0.4, -0.2) is 52.5 Å². The van der Waals surface area contributed by atoms with Crippen LogP contribution in [0.5, 0.6) is 5.75 Å². The summed E-state index contributed by atoms with van der Waals surface area (Å²) in [5.74, 6) is 0.212. The van der Waals surface area contributed by atoms with E-state index in [9.17, 15) is 4.79 Å². The van der Waals surface area contributed by atoms with Crippen molar-refractivity contribution in [3.8, 4) is 17.0 Å².